The molecule has 7 nitrogen and oxygen atoms in total. The highest BCUT2D eigenvalue weighted by atomic mass is 32.2. The third-order valence-corrected chi connectivity index (χ3v) is 3.93. The fraction of sp³-hybridized carbons (Fsp3) is 0.417. The molecule has 1 aromatic rings. The highest BCUT2D eigenvalue weighted by Crippen LogP contribution is 2.28. The number of fused-ring (bicyclic) bond motifs is 1. The third-order valence-electron chi connectivity index (χ3n) is 2.55. The van der Waals surface area contributed by atoms with Crippen molar-refractivity contribution in [1.82, 2.24) is 4.72 Å². The zero-order chi connectivity index (χ0) is 14.8. The topological polar surface area (TPSA) is 100 Å². The van der Waals surface area contributed by atoms with Crippen molar-refractivity contribution in [3.05, 3.63) is 18.2 Å². The monoisotopic (exact) mass is 299 g/mol. The smallest absolute Gasteiger partial charge is 0.266 e. The van der Waals surface area contributed by atoms with Crippen molar-refractivity contribution in [3.8, 4) is 5.75 Å². The Hall–Kier alpha value is -1.80. The molecule has 0 aliphatic carbocycles. The van der Waals surface area contributed by atoms with Gasteiger partial charge in [0, 0.05) is 6.07 Å². The van der Waals surface area contributed by atoms with E-state index < -0.39 is 16.1 Å². The summed E-state index contributed by atoms with van der Waals surface area (Å²) < 4.78 is 31.9. The van der Waals surface area contributed by atoms with E-state index in [4.69, 9.17) is 4.74 Å². The van der Waals surface area contributed by atoms with E-state index in [1.54, 1.807) is 19.1 Å². The lowest BCUT2D eigenvalue weighted by Crippen LogP contribution is -2.41. The molecule has 1 aromatic carbocycles. The van der Waals surface area contributed by atoms with Crippen LogP contribution in [-0.2, 0) is 10.0 Å². The molecule has 1 aliphatic heterocycles. The van der Waals surface area contributed by atoms with Crippen LogP contribution < -0.4 is 14.8 Å². The molecule has 0 aromatic heterocycles. The van der Waals surface area contributed by atoms with Gasteiger partial charge in [-0.3, -0.25) is 0 Å². The molecule has 0 bridgehead atoms. The number of hydrogen-bond acceptors (Lipinski definition) is 5. The van der Waals surface area contributed by atoms with Crippen LogP contribution in [-0.4, -0.2) is 38.7 Å². The first-order valence-electron chi connectivity index (χ1n) is 6.21. The van der Waals surface area contributed by atoms with Crippen molar-refractivity contribution in [2.24, 2.45) is 4.99 Å². The summed E-state index contributed by atoms with van der Waals surface area (Å²) in [5.41, 5.74) is 0.427. The van der Waals surface area contributed by atoms with Gasteiger partial charge in [0.1, 0.15) is 10.6 Å². The van der Waals surface area contributed by atoms with Gasteiger partial charge < -0.3 is 15.2 Å². The third kappa shape index (κ3) is 3.20. The number of hydrogen-bond donors (Lipinski definition) is 3. The first-order chi connectivity index (χ1) is 9.42. The molecule has 1 unspecified atom stereocenters. The molecular weight excluding hydrogens is 282 g/mol. The molecule has 1 atom stereocenters. The Kier molecular flexibility index (Phi) is 4.15. The second-order valence-corrected chi connectivity index (χ2v) is 6.01. The fourth-order valence-corrected chi connectivity index (χ4v) is 2.88. The number of nitrogens with zero attached hydrogens (tertiary/aromatic N) is 1. The molecule has 0 saturated heterocycles. The predicted molar refractivity (Wildman–Crippen MR) is 75.5 cm³/mol. The van der Waals surface area contributed by atoms with E-state index in [1.807, 2.05) is 6.92 Å². The van der Waals surface area contributed by atoms with Gasteiger partial charge in [-0.15, -0.1) is 0 Å². The van der Waals surface area contributed by atoms with Crippen molar-refractivity contribution in [1.29, 1.82) is 0 Å². The SMILES string of the molecule is CCOc1ccc2c(c1)S(=O)(=O)NC(=NCC(C)O)N2. The van der Waals surface area contributed by atoms with Crippen molar-refractivity contribution < 1.29 is 18.3 Å². The van der Waals surface area contributed by atoms with E-state index in [9.17, 15) is 13.5 Å². The molecule has 110 valence electrons. The largest absolute Gasteiger partial charge is 0.494 e. The molecule has 0 amide bonds. The van der Waals surface area contributed by atoms with Crippen LogP contribution >= 0.6 is 0 Å². The number of aliphatic hydroxyl groups is 1. The number of aliphatic hydroxyl groups excluding tert-OH is 1. The molecule has 2 rings (SSSR count). The molecule has 3 N–H and O–H groups in total. The van der Waals surface area contributed by atoms with Gasteiger partial charge in [-0.1, -0.05) is 0 Å². The van der Waals surface area contributed by atoms with Crippen LogP contribution in [0.15, 0.2) is 28.1 Å². The van der Waals surface area contributed by atoms with E-state index in [2.05, 4.69) is 15.0 Å². The van der Waals surface area contributed by atoms with Gasteiger partial charge in [0.2, 0.25) is 5.96 Å². The molecule has 8 heteroatoms. The van der Waals surface area contributed by atoms with E-state index in [1.165, 1.54) is 6.07 Å². The summed E-state index contributed by atoms with van der Waals surface area (Å²) in [7, 11) is -3.68. The fourth-order valence-electron chi connectivity index (χ4n) is 1.72. The average Bonchev–Trinajstić information content (AvgIpc) is 2.37. The molecule has 0 radical (unpaired) electrons. The number of aliphatic imine (C=N–C) groups is 1. The van der Waals surface area contributed by atoms with Gasteiger partial charge in [-0.05, 0) is 26.0 Å². The van der Waals surface area contributed by atoms with Gasteiger partial charge in [0.05, 0.1) is 24.9 Å². The molecule has 0 spiro atoms. The lowest BCUT2D eigenvalue weighted by molar-refractivity contribution is 0.204. The Balaban J connectivity index is 2.34. The molecule has 20 heavy (non-hydrogen) atoms. The van der Waals surface area contributed by atoms with Crippen molar-refractivity contribution in [2.75, 3.05) is 18.5 Å². The highest BCUT2D eigenvalue weighted by molar-refractivity contribution is 7.90. The highest BCUT2D eigenvalue weighted by Gasteiger charge is 2.27. The number of nitrogens with one attached hydrogen (secondary N) is 2. The summed E-state index contributed by atoms with van der Waals surface area (Å²) in [5.74, 6) is 0.588. The second-order valence-electron chi connectivity index (χ2n) is 4.36. The zero-order valence-electron chi connectivity index (χ0n) is 11.3. The van der Waals surface area contributed by atoms with Crippen molar-refractivity contribution in [3.63, 3.8) is 0 Å². The van der Waals surface area contributed by atoms with Gasteiger partial charge in [-0.2, -0.15) is 0 Å². The Morgan fingerprint density at radius 3 is 2.85 bits per heavy atom. The lowest BCUT2D eigenvalue weighted by Gasteiger charge is -2.22. The second kappa shape index (κ2) is 5.68. The minimum absolute atomic E-state index is 0.0996. The summed E-state index contributed by atoms with van der Waals surface area (Å²) in [5, 5.41) is 12.0. The van der Waals surface area contributed by atoms with Crippen LogP contribution in [0.1, 0.15) is 13.8 Å². The number of ether oxygens (including phenoxy) is 1. The Morgan fingerprint density at radius 2 is 2.20 bits per heavy atom. The molecule has 0 fully saturated rings. The minimum Gasteiger partial charge on any atom is -0.494 e. The van der Waals surface area contributed by atoms with Crippen LogP contribution in [0.25, 0.3) is 0 Å². The van der Waals surface area contributed by atoms with E-state index >= 15 is 0 Å². The van der Waals surface area contributed by atoms with E-state index in [0.29, 0.717) is 18.0 Å². The quantitative estimate of drug-likeness (QED) is 0.753. The molecular formula is C12H17N3O4S. The van der Waals surface area contributed by atoms with Crippen LogP contribution in [0.5, 0.6) is 5.75 Å². The summed E-state index contributed by atoms with van der Waals surface area (Å²) in [6.07, 6.45) is -0.643. The first kappa shape index (κ1) is 14.6. The normalized spacial score (nSPS) is 19.6. The number of anilines is 1. The standard InChI is InChI=1S/C12H17N3O4S/c1-3-19-9-4-5-10-11(6-9)20(17,18)15-12(14-10)13-7-8(2)16/h4-6,8,16H,3,7H2,1-2H3,(H2,13,14,15). The predicted octanol–water partition coefficient (Wildman–Crippen LogP) is 0.526. The summed E-state index contributed by atoms with van der Waals surface area (Å²) in [6.45, 7) is 3.97. The van der Waals surface area contributed by atoms with Crippen molar-refractivity contribution >= 4 is 21.7 Å². The van der Waals surface area contributed by atoms with E-state index in [0.717, 1.165) is 0 Å². The maximum Gasteiger partial charge on any atom is 0.266 e. The molecule has 0 saturated carbocycles. The number of guanidine groups is 1. The first-order valence-corrected chi connectivity index (χ1v) is 7.70. The van der Waals surface area contributed by atoms with Crippen LogP contribution in [0.3, 0.4) is 0 Å². The maximum atomic E-state index is 12.1. The number of benzene rings is 1. The average molecular weight is 299 g/mol. The number of sulfonamides is 1. The lowest BCUT2D eigenvalue weighted by atomic mass is 10.3. The van der Waals surface area contributed by atoms with Crippen LogP contribution in [0.4, 0.5) is 5.69 Å². The molecule has 1 aliphatic rings. The minimum atomic E-state index is -3.68. The number of rotatable bonds is 4. The van der Waals surface area contributed by atoms with Gasteiger partial charge in [-0.25, -0.2) is 18.1 Å². The Morgan fingerprint density at radius 1 is 1.45 bits per heavy atom. The summed E-state index contributed by atoms with van der Waals surface area (Å²) in [6, 6.07) is 4.76. The van der Waals surface area contributed by atoms with Gasteiger partial charge in [0.15, 0.2) is 0 Å². The van der Waals surface area contributed by atoms with Gasteiger partial charge in [0.25, 0.3) is 10.0 Å². The zero-order valence-corrected chi connectivity index (χ0v) is 12.1. The Bertz CT molecular complexity index is 626. The Labute approximate surface area is 117 Å². The van der Waals surface area contributed by atoms with Crippen molar-refractivity contribution in [2.45, 2.75) is 24.8 Å². The van der Waals surface area contributed by atoms with Crippen LogP contribution in [0, 0.1) is 0 Å². The van der Waals surface area contributed by atoms with E-state index in [-0.39, 0.29) is 17.4 Å². The summed E-state index contributed by atoms with van der Waals surface area (Å²) in [4.78, 5) is 4.08. The molecule has 1 heterocycles. The van der Waals surface area contributed by atoms with Crippen LogP contribution in [0.2, 0.25) is 0 Å². The summed E-state index contributed by atoms with van der Waals surface area (Å²) >= 11 is 0. The van der Waals surface area contributed by atoms with Gasteiger partial charge >= 0.3 is 0 Å². The maximum absolute atomic E-state index is 12.1.